The van der Waals surface area contributed by atoms with E-state index in [1.54, 1.807) is 0 Å². The fourth-order valence-corrected chi connectivity index (χ4v) is 10.0. The summed E-state index contributed by atoms with van der Waals surface area (Å²) >= 11 is 0. The van der Waals surface area contributed by atoms with Gasteiger partial charge in [-0.25, -0.2) is 0 Å². The monoisotopic (exact) mass is 824 g/mol. The van der Waals surface area contributed by atoms with E-state index in [1.165, 1.54) is 81.7 Å². The minimum atomic E-state index is 0.633. The molecular weight excluding hydrogens is 785 g/mol. The van der Waals surface area contributed by atoms with Gasteiger partial charge in [-0.3, -0.25) is 0 Å². The molecular formula is C63H40N2. The zero-order chi connectivity index (χ0) is 43.3. The van der Waals surface area contributed by atoms with Crippen molar-refractivity contribution in [1.29, 1.82) is 5.26 Å². The van der Waals surface area contributed by atoms with Gasteiger partial charge in [0.05, 0.1) is 17.3 Å². The lowest BCUT2D eigenvalue weighted by Crippen LogP contribution is -2.10. The van der Waals surface area contributed by atoms with Crippen molar-refractivity contribution in [2.75, 3.05) is 4.90 Å². The predicted octanol–water partition coefficient (Wildman–Crippen LogP) is 17.5. The Morgan fingerprint density at radius 1 is 0.354 bits per heavy atom. The summed E-state index contributed by atoms with van der Waals surface area (Å²) in [6.07, 6.45) is 4.61. The zero-order valence-electron chi connectivity index (χ0n) is 35.5. The first kappa shape index (κ1) is 37.9. The smallest absolute Gasteiger partial charge is 0.0991 e. The number of nitriles is 1. The van der Waals surface area contributed by atoms with Crippen molar-refractivity contribution in [3.8, 4) is 28.3 Å². The van der Waals surface area contributed by atoms with Gasteiger partial charge >= 0.3 is 0 Å². The van der Waals surface area contributed by atoms with Crippen LogP contribution in [0.15, 0.2) is 231 Å². The van der Waals surface area contributed by atoms with Crippen LogP contribution in [0.2, 0.25) is 0 Å². The third-order valence-electron chi connectivity index (χ3n) is 13.1. The highest BCUT2D eigenvalue weighted by molar-refractivity contribution is 6.22. The number of fused-ring (bicyclic) bond motifs is 6. The average molecular weight is 825 g/mol. The first-order valence-corrected chi connectivity index (χ1v) is 22.1. The maximum atomic E-state index is 9.64. The fourth-order valence-electron chi connectivity index (χ4n) is 10.0. The molecule has 0 bridgehead atoms. The van der Waals surface area contributed by atoms with Gasteiger partial charge in [-0.2, -0.15) is 5.26 Å². The Kier molecular flexibility index (Phi) is 9.25. The van der Waals surface area contributed by atoms with Crippen molar-refractivity contribution >= 4 is 93.8 Å². The number of benzene rings is 12. The van der Waals surface area contributed by atoms with Gasteiger partial charge in [0.15, 0.2) is 0 Å². The highest BCUT2D eigenvalue weighted by Gasteiger charge is 2.20. The van der Waals surface area contributed by atoms with Crippen molar-refractivity contribution in [2.45, 2.75) is 0 Å². The molecule has 0 atom stereocenters. The Labute approximate surface area is 377 Å². The molecule has 65 heavy (non-hydrogen) atoms. The van der Waals surface area contributed by atoms with Gasteiger partial charge in [-0.05, 0) is 141 Å². The normalized spacial score (nSPS) is 11.6. The molecule has 12 aromatic carbocycles. The second-order valence-corrected chi connectivity index (χ2v) is 16.7. The lowest BCUT2D eigenvalue weighted by atomic mass is 9.85. The number of rotatable bonds is 7. The maximum absolute atomic E-state index is 9.64. The van der Waals surface area contributed by atoms with Crippen LogP contribution in [0.1, 0.15) is 16.7 Å². The molecule has 0 unspecified atom stereocenters. The molecule has 0 aliphatic rings. The Morgan fingerprint density at radius 3 is 1.52 bits per heavy atom. The molecule has 0 N–H and O–H groups in total. The number of hydrogen-bond acceptors (Lipinski definition) is 2. The fraction of sp³-hybridized carbons (Fsp3) is 0. The molecule has 0 aromatic heterocycles. The Balaban J connectivity index is 1.00. The van der Waals surface area contributed by atoms with E-state index in [9.17, 15) is 5.26 Å². The van der Waals surface area contributed by atoms with Gasteiger partial charge in [0.1, 0.15) is 0 Å². The van der Waals surface area contributed by atoms with E-state index in [1.807, 2.05) is 24.3 Å². The SMILES string of the molecule is N#Cc1ccc(N(c2ccc3ccccc3c2)c2ccc(C=Cc3c4ccccc4c(-c4ccc(-c5ccc6ccccc6c5)c5ccccc45)c4ccccc34)c3ccccc23)cc1. The molecule has 0 aliphatic carbocycles. The van der Waals surface area contributed by atoms with Crippen LogP contribution < -0.4 is 4.90 Å². The quantitative estimate of drug-likeness (QED) is 0.118. The molecule has 302 valence electrons. The van der Waals surface area contributed by atoms with Gasteiger partial charge in [-0.1, -0.05) is 194 Å². The Bertz CT molecular complexity index is 3850. The highest BCUT2D eigenvalue weighted by atomic mass is 15.1. The van der Waals surface area contributed by atoms with Crippen LogP contribution in [-0.4, -0.2) is 0 Å². The minimum Gasteiger partial charge on any atom is -0.310 e. The average Bonchev–Trinajstić information content (AvgIpc) is 3.38. The molecule has 12 aromatic rings. The van der Waals surface area contributed by atoms with Crippen LogP contribution in [0.25, 0.3) is 99.0 Å². The number of hydrogen-bond donors (Lipinski definition) is 0. The zero-order valence-corrected chi connectivity index (χ0v) is 35.5. The molecule has 0 heterocycles. The summed E-state index contributed by atoms with van der Waals surface area (Å²) in [7, 11) is 0. The molecule has 0 saturated heterocycles. The molecule has 0 saturated carbocycles. The third-order valence-corrected chi connectivity index (χ3v) is 13.1. The Morgan fingerprint density at radius 2 is 0.862 bits per heavy atom. The van der Waals surface area contributed by atoms with Gasteiger partial charge < -0.3 is 4.90 Å². The molecule has 12 rings (SSSR count). The van der Waals surface area contributed by atoms with Crippen LogP contribution in [0.4, 0.5) is 17.1 Å². The lowest BCUT2D eigenvalue weighted by Gasteiger charge is -2.27. The topological polar surface area (TPSA) is 27.0 Å². The van der Waals surface area contributed by atoms with Gasteiger partial charge in [0.25, 0.3) is 0 Å². The van der Waals surface area contributed by atoms with E-state index in [2.05, 4.69) is 229 Å². The number of anilines is 3. The standard InChI is InChI=1S/C63H40N2/c64-41-42-25-32-49(33-26-42)65(50-34-29-44-14-2-4-16-47(44)40-50)62-38-31-45(51-17-5-10-22-58(51)62)30-35-57-55-20-8-11-23-59(55)63(60-24-12-9-21-56(57)60)61-37-36-52(53-18-6-7-19-54(53)61)48-28-27-43-13-1-3-15-46(43)39-48/h1-40H. The van der Waals surface area contributed by atoms with E-state index in [0.29, 0.717) is 5.56 Å². The third kappa shape index (κ3) is 6.58. The van der Waals surface area contributed by atoms with E-state index in [0.717, 1.165) is 33.4 Å². The largest absolute Gasteiger partial charge is 0.310 e. The molecule has 2 heteroatoms. The van der Waals surface area contributed by atoms with Crippen LogP contribution in [0, 0.1) is 11.3 Å². The van der Waals surface area contributed by atoms with Crippen molar-refractivity contribution < 1.29 is 0 Å². The molecule has 0 spiro atoms. The van der Waals surface area contributed by atoms with E-state index >= 15 is 0 Å². The number of nitrogens with zero attached hydrogens (tertiary/aromatic N) is 2. The van der Waals surface area contributed by atoms with Gasteiger partial charge in [-0.15, -0.1) is 0 Å². The molecule has 2 nitrogen and oxygen atoms in total. The summed E-state index contributed by atoms with van der Waals surface area (Å²) in [5.41, 5.74) is 11.0. The molecule has 0 radical (unpaired) electrons. The first-order chi connectivity index (χ1) is 32.2. The van der Waals surface area contributed by atoms with Crippen LogP contribution in [0.3, 0.4) is 0 Å². The highest BCUT2D eigenvalue weighted by Crippen LogP contribution is 2.45. The second-order valence-electron chi connectivity index (χ2n) is 16.7. The lowest BCUT2D eigenvalue weighted by molar-refractivity contribution is 1.30. The maximum Gasteiger partial charge on any atom is 0.0991 e. The van der Waals surface area contributed by atoms with Crippen molar-refractivity contribution in [3.05, 3.63) is 247 Å². The minimum absolute atomic E-state index is 0.633. The molecule has 0 aliphatic heterocycles. The predicted molar refractivity (Wildman–Crippen MR) is 277 cm³/mol. The summed E-state index contributed by atoms with van der Waals surface area (Å²) < 4.78 is 0. The Hall–Kier alpha value is -8.77. The van der Waals surface area contributed by atoms with E-state index < -0.39 is 0 Å². The summed E-state index contributed by atoms with van der Waals surface area (Å²) in [5, 5.41) is 24.1. The second kappa shape index (κ2) is 15.9. The first-order valence-electron chi connectivity index (χ1n) is 22.1. The summed E-state index contributed by atoms with van der Waals surface area (Å²) in [6, 6.07) is 85.1. The van der Waals surface area contributed by atoms with Crippen LogP contribution in [-0.2, 0) is 0 Å². The summed E-state index contributed by atoms with van der Waals surface area (Å²) in [4.78, 5) is 2.31. The van der Waals surface area contributed by atoms with Crippen LogP contribution in [0.5, 0.6) is 0 Å². The molecule has 0 amide bonds. The summed E-state index contributed by atoms with van der Waals surface area (Å²) in [5.74, 6) is 0. The van der Waals surface area contributed by atoms with Crippen molar-refractivity contribution in [2.24, 2.45) is 0 Å². The molecule has 0 fully saturated rings. The van der Waals surface area contributed by atoms with Gasteiger partial charge in [0, 0.05) is 16.8 Å². The van der Waals surface area contributed by atoms with Crippen molar-refractivity contribution in [3.63, 3.8) is 0 Å². The van der Waals surface area contributed by atoms with E-state index in [4.69, 9.17) is 0 Å². The van der Waals surface area contributed by atoms with E-state index in [-0.39, 0.29) is 0 Å². The summed E-state index contributed by atoms with van der Waals surface area (Å²) in [6.45, 7) is 0. The van der Waals surface area contributed by atoms with Crippen molar-refractivity contribution in [1.82, 2.24) is 0 Å². The van der Waals surface area contributed by atoms with Gasteiger partial charge in [0.2, 0.25) is 0 Å². The van der Waals surface area contributed by atoms with Crippen LogP contribution >= 0.6 is 0 Å².